The van der Waals surface area contributed by atoms with Gasteiger partial charge in [-0.1, -0.05) is 37.8 Å². The van der Waals surface area contributed by atoms with Gasteiger partial charge in [-0.3, -0.25) is 0 Å². The van der Waals surface area contributed by atoms with Crippen LogP contribution in [-0.4, -0.2) is 11.7 Å². The van der Waals surface area contributed by atoms with Crippen molar-refractivity contribution in [2.75, 3.05) is 6.61 Å². The lowest BCUT2D eigenvalue weighted by Crippen LogP contribution is -1.97. The molecule has 1 aromatic carbocycles. The molecule has 0 fully saturated rings. The molecule has 84 valence electrons. The van der Waals surface area contributed by atoms with Gasteiger partial charge >= 0.3 is 0 Å². The summed E-state index contributed by atoms with van der Waals surface area (Å²) < 4.78 is 5.47. The average Bonchev–Trinajstić information content (AvgIpc) is 2.23. The maximum atomic E-state index is 9.24. The lowest BCUT2D eigenvalue weighted by molar-refractivity contribution is 0.303. The number of unbranched alkanes of at least 4 members (excludes halogenated alkanes) is 3. The third kappa shape index (κ3) is 4.43. The van der Waals surface area contributed by atoms with E-state index in [2.05, 4.69) is 6.92 Å². The maximum Gasteiger partial charge on any atom is 0.141 e. The van der Waals surface area contributed by atoms with Crippen molar-refractivity contribution in [1.82, 2.24) is 0 Å². The fourth-order valence-corrected chi connectivity index (χ4v) is 1.49. The molecule has 0 heterocycles. The molecule has 1 N–H and O–H groups in total. The van der Waals surface area contributed by atoms with Crippen molar-refractivity contribution in [1.29, 1.82) is 0 Å². The lowest BCUT2D eigenvalue weighted by atomic mass is 10.2. The minimum Gasteiger partial charge on any atom is -0.508 e. The summed E-state index contributed by atoms with van der Waals surface area (Å²) in [7, 11) is 0. The molecule has 0 aromatic heterocycles. The smallest absolute Gasteiger partial charge is 0.141 e. The van der Waals surface area contributed by atoms with E-state index in [1.54, 1.807) is 18.2 Å². The van der Waals surface area contributed by atoms with E-state index >= 15 is 0 Å². The van der Waals surface area contributed by atoms with E-state index in [-0.39, 0.29) is 5.75 Å². The zero-order chi connectivity index (χ0) is 11.1. The van der Waals surface area contributed by atoms with Gasteiger partial charge in [-0.05, 0) is 18.6 Å². The van der Waals surface area contributed by atoms with E-state index in [9.17, 15) is 5.11 Å². The Morgan fingerprint density at radius 1 is 1.27 bits per heavy atom. The van der Waals surface area contributed by atoms with Crippen LogP contribution in [0.5, 0.6) is 11.5 Å². The number of aromatic hydroxyl groups is 1. The van der Waals surface area contributed by atoms with E-state index in [4.69, 9.17) is 16.3 Å². The lowest BCUT2D eigenvalue weighted by Gasteiger charge is -2.07. The number of ether oxygens (including phenoxy) is 1. The monoisotopic (exact) mass is 228 g/mol. The summed E-state index contributed by atoms with van der Waals surface area (Å²) in [6.07, 6.45) is 4.65. The van der Waals surface area contributed by atoms with Gasteiger partial charge in [-0.25, -0.2) is 0 Å². The van der Waals surface area contributed by atoms with E-state index in [1.807, 2.05) is 0 Å². The van der Waals surface area contributed by atoms with Gasteiger partial charge in [-0.15, -0.1) is 0 Å². The van der Waals surface area contributed by atoms with Gasteiger partial charge in [0.15, 0.2) is 0 Å². The molecule has 1 aromatic rings. The summed E-state index contributed by atoms with van der Waals surface area (Å²) in [4.78, 5) is 0. The Morgan fingerprint density at radius 2 is 2.07 bits per heavy atom. The van der Waals surface area contributed by atoms with Gasteiger partial charge in [0.1, 0.15) is 11.5 Å². The number of halogens is 1. The third-order valence-electron chi connectivity index (χ3n) is 2.17. The van der Waals surface area contributed by atoms with Crippen molar-refractivity contribution in [3.8, 4) is 11.5 Å². The first-order valence-electron chi connectivity index (χ1n) is 5.35. The van der Waals surface area contributed by atoms with Crippen LogP contribution in [0.3, 0.4) is 0 Å². The van der Waals surface area contributed by atoms with Crippen LogP contribution < -0.4 is 4.74 Å². The molecule has 0 atom stereocenters. The molecule has 0 radical (unpaired) electrons. The molecule has 0 unspecified atom stereocenters. The summed E-state index contributed by atoms with van der Waals surface area (Å²) in [5.41, 5.74) is 0. The SMILES string of the molecule is CCCCCCOc1cc(O)ccc1Cl. The molecule has 0 aliphatic rings. The van der Waals surface area contributed by atoms with Crippen LogP contribution in [-0.2, 0) is 0 Å². The van der Waals surface area contributed by atoms with Crippen molar-refractivity contribution in [3.05, 3.63) is 23.2 Å². The topological polar surface area (TPSA) is 29.5 Å². The highest BCUT2D eigenvalue weighted by atomic mass is 35.5. The number of hydrogen-bond acceptors (Lipinski definition) is 2. The van der Waals surface area contributed by atoms with Gasteiger partial charge in [0.2, 0.25) is 0 Å². The van der Waals surface area contributed by atoms with Gasteiger partial charge in [0.25, 0.3) is 0 Å². The predicted molar refractivity (Wildman–Crippen MR) is 62.8 cm³/mol. The summed E-state index contributed by atoms with van der Waals surface area (Å²) >= 11 is 5.90. The van der Waals surface area contributed by atoms with Crippen molar-refractivity contribution >= 4 is 11.6 Å². The Kier molecular flexibility index (Phi) is 5.33. The second-order valence-electron chi connectivity index (χ2n) is 3.52. The standard InChI is InChI=1S/C12H17ClO2/c1-2-3-4-5-8-15-12-9-10(14)6-7-11(12)13/h6-7,9,14H,2-5,8H2,1H3. The van der Waals surface area contributed by atoms with Crippen LogP contribution in [0.25, 0.3) is 0 Å². The molecule has 2 nitrogen and oxygen atoms in total. The van der Waals surface area contributed by atoms with Crippen LogP contribution in [0.15, 0.2) is 18.2 Å². The molecule has 0 aliphatic carbocycles. The first-order valence-corrected chi connectivity index (χ1v) is 5.73. The van der Waals surface area contributed by atoms with Crippen LogP contribution in [0.4, 0.5) is 0 Å². The number of rotatable bonds is 6. The minimum absolute atomic E-state index is 0.183. The second kappa shape index (κ2) is 6.57. The first-order chi connectivity index (χ1) is 7.24. The highest BCUT2D eigenvalue weighted by molar-refractivity contribution is 6.32. The van der Waals surface area contributed by atoms with Gasteiger partial charge in [0, 0.05) is 6.07 Å². The average molecular weight is 229 g/mol. The number of benzene rings is 1. The summed E-state index contributed by atoms with van der Waals surface area (Å²) in [5.74, 6) is 0.746. The second-order valence-corrected chi connectivity index (χ2v) is 3.93. The van der Waals surface area contributed by atoms with Crippen LogP contribution in [0.1, 0.15) is 32.6 Å². The van der Waals surface area contributed by atoms with E-state index in [0.29, 0.717) is 17.4 Å². The molecular weight excluding hydrogens is 212 g/mol. The zero-order valence-electron chi connectivity index (χ0n) is 9.00. The highest BCUT2D eigenvalue weighted by Crippen LogP contribution is 2.28. The Hall–Kier alpha value is -0.890. The Morgan fingerprint density at radius 3 is 2.80 bits per heavy atom. The third-order valence-corrected chi connectivity index (χ3v) is 2.48. The number of hydrogen-bond donors (Lipinski definition) is 1. The Bertz CT molecular complexity index is 300. The van der Waals surface area contributed by atoms with Gasteiger partial charge < -0.3 is 9.84 Å². The van der Waals surface area contributed by atoms with Gasteiger partial charge in [-0.2, -0.15) is 0 Å². The molecule has 0 amide bonds. The van der Waals surface area contributed by atoms with Crippen molar-refractivity contribution < 1.29 is 9.84 Å². The highest BCUT2D eigenvalue weighted by Gasteiger charge is 2.02. The normalized spacial score (nSPS) is 10.3. The molecule has 0 bridgehead atoms. The van der Waals surface area contributed by atoms with Crippen LogP contribution >= 0.6 is 11.6 Å². The Labute approximate surface area is 95.8 Å². The van der Waals surface area contributed by atoms with E-state index < -0.39 is 0 Å². The summed E-state index contributed by atoms with van der Waals surface area (Å²) in [6.45, 7) is 2.83. The van der Waals surface area contributed by atoms with Crippen molar-refractivity contribution in [3.63, 3.8) is 0 Å². The predicted octanol–water partition coefficient (Wildman–Crippen LogP) is 4.00. The van der Waals surface area contributed by atoms with Crippen molar-refractivity contribution in [2.24, 2.45) is 0 Å². The molecule has 0 saturated heterocycles. The Balaban J connectivity index is 2.33. The molecule has 0 saturated carbocycles. The fourth-order valence-electron chi connectivity index (χ4n) is 1.31. The molecule has 0 aliphatic heterocycles. The molecular formula is C12H17ClO2. The quantitative estimate of drug-likeness (QED) is 0.746. The summed E-state index contributed by atoms with van der Waals surface area (Å²) in [5, 5.41) is 9.78. The minimum atomic E-state index is 0.183. The molecule has 0 spiro atoms. The summed E-state index contributed by atoms with van der Waals surface area (Å²) in [6, 6.07) is 4.73. The van der Waals surface area contributed by atoms with E-state index in [0.717, 1.165) is 6.42 Å². The van der Waals surface area contributed by atoms with E-state index in [1.165, 1.54) is 19.3 Å². The van der Waals surface area contributed by atoms with Crippen LogP contribution in [0.2, 0.25) is 5.02 Å². The van der Waals surface area contributed by atoms with Crippen molar-refractivity contribution in [2.45, 2.75) is 32.6 Å². The molecule has 3 heteroatoms. The first kappa shape index (κ1) is 12.2. The zero-order valence-corrected chi connectivity index (χ0v) is 9.76. The maximum absolute atomic E-state index is 9.24. The van der Waals surface area contributed by atoms with Gasteiger partial charge in [0.05, 0.1) is 11.6 Å². The number of phenols is 1. The fraction of sp³-hybridized carbons (Fsp3) is 0.500. The molecule has 1 rings (SSSR count). The largest absolute Gasteiger partial charge is 0.508 e. The molecule has 15 heavy (non-hydrogen) atoms. The number of phenolic OH excluding ortho intramolecular Hbond substituents is 1. The van der Waals surface area contributed by atoms with Crippen LogP contribution in [0, 0.1) is 0 Å².